The van der Waals surface area contributed by atoms with E-state index < -0.39 is 44.7 Å². The summed E-state index contributed by atoms with van der Waals surface area (Å²) in [4.78, 5) is 66.4. The maximum absolute atomic E-state index is 14.7. The summed E-state index contributed by atoms with van der Waals surface area (Å²) in [5.41, 5.74) is 4.36. The van der Waals surface area contributed by atoms with Crippen LogP contribution in [0.1, 0.15) is 218 Å². The number of rotatable bonds is 36. The van der Waals surface area contributed by atoms with Gasteiger partial charge in [0, 0.05) is 31.7 Å². The van der Waals surface area contributed by atoms with Crippen LogP contribution in [-0.4, -0.2) is 47.6 Å². The lowest BCUT2D eigenvalue weighted by Crippen LogP contribution is -2.78. The Morgan fingerprint density at radius 3 is 1.22 bits per heavy atom. The SMILES string of the molecule is CCCCCCCCCCCCCCCCCC(=O)NC(NC(=O)CCCCCCCCC)(NC(=O)c1ccccc1)S(=O)(=O)N(NC(C)=O)NC(=O)CCCCC. The predicted molar refractivity (Wildman–Crippen MR) is 232 cm³/mol. The van der Waals surface area contributed by atoms with Crippen LogP contribution in [-0.2, 0) is 29.2 Å². The molecule has 1 rings (SSSR count). The van der Waals surface area contributed by atoms with Crippen molar-refractivity contribution in [1.29, 1.82) is 0 Å². The lowest BCUT2D eigenvalue weighted by Gasteiger charge is -2.38. The Bertz CT molecular complexity index is 1410. The third-order valence-electron chi connectivity index (χ3n) is 10.1. The molecule has 0 aliphatic heterocycles. The number of unbranched alkanes of at least 4 members (excludes halogenated alkanes) is 22. The quantitative estimate of drug-likeness (QED) is 0.0254. The number of hydrazine groups is 2. The van der Waals surface area contributed by atoms with Crippen molar-refractivity contribution in [3.05, 3.63) is 35.9 Å². The van der Waals surface area contributed by atoms with E-state index in [-0.39, 0.29) is 29.3 Å². The van der Waals surface area contributed by atoms with Gasteiger partial charge in [-0.05, 0) is 35.9 Å². The Hall–Kier alpha value is -3.52. The largest absolute Gasteiger partial charge is 0.316 e. The highest BCUT2D eigenvalue weighted by molar-refractivity contribution is 7.90. The van der Waals surface area contributed by atoms with Gasteiger partial charge in [-0.25, -0.2) is 8.42 Å². The Labute approximate surface area is 350 Å². The number of amides is 5. The van der Waals surface area contributed by atoms with E-state index in [9.17, 15) is 32.4 Å². The van der Waals surface area contributed by atoms with Gasteiger partial charge in [-0.3, -0.25) is 40.1 Å². The van der Waals surface area contributed by atoms with Gasteiger partial charge in [-0.2, -0.15) is 0 Å². The van der Waals surface area contributed by atoms with Gasteiger partial charge in [0.1, 0.15) is 0 Å². The fourth-order valence-electron chi connectivity index (χ4n) is 6.66. The molecule has 1 unspecified atom stereocenters. The van der Waals surface area contributed by atoms with Gasteiger partial charge in [0.2, 0.25) is 23.6 Å². The summed E-state index contributed by atoms with van der Waals surface area (Å²) in [6.45, 7) is 7.36. The van der Waals surface area contributed by atoms with Crippen LogP contribution in [0.4, 0.5) is 0 Å². The number of carbonyl (C=O) groups is 5. The molecule has 0 saturated carbocycles. The minimum atomic E-state index is -5.27. The summed E-state index contributed by atoms with van der Waals surface area (Å²) >= 11 is 0. The van der Waals surface area contributed by atoms with Crippen molar-refractivity contribution in [1.82, 2.24) is 31.3 Å². The molecule has 1 aromatic rings. The summed E-state index contributed by atoms with van der Waals surface area (Å²) in [5, 5.41) is 4.21. The van der Waals surface area contributed by atoms with Crippen molar-refractivity contribution in [2.45, 2.75) is 213 Å². The molecule has 1 aromatic carbocycles. The number of hydrogen-bond donors (Lipinski definition) is 5. The zero-order chi connectivity index (χ0) is 42.9. The number of carbonyl (C=O) groups excluding carboxylic acids is 5. The molecule has 5 amide bonds. The van der Waals surface area contributed by atoms with Crippen molar-refractivity contribution in [2.24, 2.45) is 0 Å². The molecule has 0 radical (unpaired) electrons. The molecule has 0 heterocycles. The highest BCUT2D eigenvalue weighted by Gasteiger charge is 2.53. The molecule has 0 aliphatic rings. The first-order valence-electron chi connectivity index (χ1n) is 22.5. The van der Waals surface area contributed by atoms with Crippen molar-refractivity contribution in [2.75, 3.05) is 0 Å². The molecule has 1 atom stereocenters. The normalized spacial score (nSPS) is 12.4. The molecular weight excluding hydrogens is 757 g/mol. The fraction of sp³-hybridized carbons (Fsp3) is 0.750. The lowest BCUT2D eigenvalue weighted by atomic mass is 10.0. The number of sulfonamides is 1. The minimum absolute atomic E-state index is 0.0507. The third kappa shape index (κ3) is 23.2. The van der Waals surface area contributed by atoms with E-state index in [1.807, 2.05) is 6.92 Å². The predicted octanol–water partition coefficient (Wildman–Crippen LogP) is 8.96. The second-order valence-electron chi connectivity index (χ2n) is 15.6. The van der Waals surface area contributed by atoms with Gasteiger partial charge in [0.05, 0.1) is 0 Å². The van der Waals surface area contributed by atoms with E-state index in [4.69, 9.17) is 0 Å². The highest BCUT2D eigenvalue weighted by atomic mass is 32.2. The van der Waals surface area contributed by atoms with E-state index >= 15 is 0 Å². The van der Waals surface area contributed by atoms with E-state index in [2.05, 4.69) is 40.6 Å². The summed E-state index contributed by atoms with van der Waals surface area (Å²) in [6.07, 6.45) is 25.2. The average Bonchev–Trinajstić information content (AvgIpc) is 3.18. The second kappa shape index (κ2) is 32.3. The molecular formula is C44H78N6O7S. The first kappa shape index (κ1) is 52.5. The Morgan fingerprint density at radius 2 is 0.828 bits per heavy atom. The van der Waals surface area contributed by atoms with E-state index in [1.54, 1.807) is 18.2 Å². The number of nitrogens with one attached hydrogen (secondary N) is 5. The number of benzene rings is 1. The summed E-state index contributed by atoms with van der Waals surface area (Å²) in [6, 6.07) is 7.74. The second-order valence-corrected chi connectivity index (χ2v) is 17.5. The van der Waals surface area contributed by atoms with Gasteiger partial charge >= 0.3 is 15.1 Å². The molecule has 0 aromatic heterocycles. The molecule has 5 N–H and O–H groups in total. The minimum Gasteiger partial charge on any atom is -0.302 e. The monoisotopic (exact) mass is 835 g/mol. The van der Waals surface area contributed by atoms with Crippen LogP contribution < -0.4 is 26.8 Å². The zero-order valence-electron chi connectivity index (χ0n) is 36.4. The van der Waals surface area contributed by atoms with Crippen molar-refractivity contribution >= 4 is 39.6 Å². The van der Waals surface area contributed by atoms with Crippen molar-refractivity contribution < 1.29 is 32.4 Å². The molecule has 13 nitrogen and oxygen atoms in total. The van der Waals surface area contributed by atoms with Crippen LogP contribution in [0.2, 0.25) is 0 Å². The fourth-order valence-corrected chi connectivity index (χ4v) is 8.11. The first-order valence-corrected chi connectivity index (χ1v) is 24.0. The van der Waals surface area contributed by atoms with Gasteiger partial charge in [-0.15, -0.1) is 0 Å². The van der Waals surface area contributed by atoms with Gasteiger partial charge in [0.15, 0.2) is 0 Å². The first-order chi connectivity index (χ1) is 27.9. The van der Waals surface area contributed by atoms with Gasteiger partial charge in [-0.1, -0.05) is 180 Å². The van der Waals surface area contributed by atoms with Crippen molar-refractivity contribution in [3.8, 4) is 0 Å². The van der Waals surface area contributed by atoms with Crippen LogP contribution in [0, 0.1) is 0 Å². The van der Waals surface area contributed by atoms with E-state index in [0.717, 1.165) is 77.6 Å². The van der Waals surface area contributed by atoms with Crippen LogP contribution in [0.5, 0.6) is 0 Å². The average molecular weight is 835 g/mol. The zero-order valence-corrected chi connectivity index (χ0v) is 37.2. The van der Waals surface area contributed by atoms with Crippen molar-refractivity contribution in [3.63, 3.8) is 0 Å². The lowest BCUT2D eigenvalue weighted by molar-refractivity contribution is -0.128. The molecule has 0 aliphatic carbocycles. The Morgan fingerprint density at radius 1 is 0.483 bits per heavy atom. The van der Waals surface area contributed by atoms with Crippen LogP contribution in [0.15, 0.2) is 30.3 Å². The standard InChI is InChI=1S/C44H78N6O7S/c1-5-8-11-13-15-16-17-18-19-20-21-22-24-26-32-36-41(53)46-44(47-43(55)39-33-29-27-30-34-39,45-40(52)35-31-25-23-14-12-9-6-2)58(56,57)50(48-38(4)51)49-42(54)37-28-10-7-3/h27,29-30,33-34H,5-26,28,31-32,35-37H2,1-4H3,(H,45,52)(H,46,53)(H,47,55)(H,48,51)(H,49,54). The van der Waals surface area contributed by atoms with E-state index in [1.165, 1.54) is 76.3 Å². The maximum atomic E-state index is 14.7. The third-order valence-corrected chi connectivity index (χ3v) is 11.8. The molecule has 0 bridgehead atoms. The topological polar surface area (TPSA) is 183 Å². The van der Waals surface area contributed by atoms with E-state index in [0.29, 0.717) is 25.7 Å². The summed E-state index contributed by atoms with van der Waals surface area (Å²) in [5.74, 6) is -4.02. The maximum Gasteiger partial charge on any atom is 0.316 e. The number of hydrogen-bond acceptors (Lipinski definition) is 7. The van der Waals surface area contributed by atoms with Crippen LogP contribution >= 0.6 is 0 Å². The number of nitrogens with zero attached hydrogens (tertiary/aromatic N) is 1. The summed E-state index contributed by atoms with van der Waals surface area (Å²) in [7, 11) is -5.27. The molecule has 0 spiro atoms. The molecule has 14 heteroatoms. The van der Waals surface area contributed by atoms with Gasteiger partial charge < -0.3 is 10.6 Å². The van der Waals surface area contributed by atoms with Crippen LogP contribution in [0.3, 0.4) is 0 Å². The Balaban J connectivity index is 3.18. The highest BCUT2D eigenvalue weighted by Crippen LogP contribution is 2.18. The smallest absolute Gasteiger partial charge is 0.302 e. The summed E-state index contributed by atoms with van der Waals surface area (Å²) < 4.78 is 29.6. The van der Waals surface area contributed by atoms with Gasteiger partial charge in [0.25, 0.3) is 5.91 Å². The molecule has 332 valence electrons. The molecule has 0 saturated heterocycles. The Kier molecular flexibility index (Phi) is 29.3. The molecule has 0 fully saturated rings. The molecule has 58 heavy (non-hydrogen) atoms. The van der Waals surface area contributed by atoms with Crippen LogP contribution in [0.25, 0.3) is 0 Å².